The van der Waals surface area contributed by atoms with Gasteiger partial charge in [0.1, 0.15) is 5.75 Å². The van der Waals surface area contributed by atoms with Crippen LogP contribution in [0, 0.1) is 12.3 Å². The van der Waals surface area contributed by atoms with E-state index in [0.717, 1.165) is 10.9 Å². The number of hydrogen-bond acceptors (Lipinski definition) is 2. The molecule has 1 atom stereocenters. The Bertz CT molecular complexity index is 751. The van der Waals surface area contributed by atoms with Crippen molar-refractivity contribution < 1.29 is 4.74 Å². The summed E-state index contributed by atoms with van der Waals surface area (Å²) >= 11 is 0. The van der Waals surface area contributed by atoms with Crippen LogP contribution in [0.5, 0.6) is 5.75 Å². The number of nitrogens with zero attached hydrogens (tertiary/aromatic N) is 1. The summed E-state index contributed by atoms with van der Waals surface area (Å²) in [6, 6.07) is 7.70. The SMILES string of the molecule is C#CC1(C)Cc2c(c3ccccc3n(C)c2=O)O1. The van der Waals surface area contributed by atoms with Crippen molar-refractivity contribution in [1.82, 2.24) is 4.57 Å². The minimum absolute atomic E-state index is 0.0253. The first-order valence-electron chi connectivity index (χ1n) is 5.83. The minimum atomic E-state index is -0.710. The average molecular weight is 239 g/mol. The van der Waals surface area contributed by atoms with E-state index < -0.39 is 5.60 Å². The molecule has 0 amide bonds. The molecule has 1 aromatic carbocycles. The van der Waals surface area contributed by atoms with Gasteiger partial charge in [0.15, 0.2) is 5.60 Å². The topological polar surface area (TPSA) is 31.2 Å². The second-order valence-electron chi connectivity index (χ2n) is 4.84. The van der Waals surface area contributed by atoms with Crippen LogP contribution in [0.2, 0.25) is 0 Å². The molecule has 0 bridgehead atoms. The third kappa shape index (κ3) is 1.29. The smallest absolute Gasteiger partial charge is 0.257 e. The molecule has 2 heterocycles. The molecule has 0 radical (unpaired) electrons. The van der Waals surface area contributed by atoms with Crippen LogP contribution in [0.1, 0.15) is 12.5 Å². The van der Waals surface area contributed by atoms with Crippen molar-refractivity contribution in [2.45, 2.75) is 18.9 Å². The number of aryl methyl sites for hydroxylation is 1. The van der Waals surface area contributed by atoms with E-state index in [9.17, 15) is 4.79 Å². The first kappa shape index (κ1) is 10.9. The van der Waals surface area contributed by atoms with Gasteiger partial charge in [-0.25, -0.2) is 0 Å². The highest BCUT2D eigenvalue weighted by Gasteiger charge is 2.36. The van der Waals surface area contributed by atoms with E-state index in [1.165, 1.54) is 0 Å². The van der Waals surface area contributed by atoms with E-state index in [1.54, 1.807) is 11.6 Å². The van der Waals surface area contributed by atoms with Crippen molar-refractivity contribution >= 4 is 10.9 Å². The van der Waals surface area contributed by atoms with Crippen LogP contribution in [-0.4, -0.2) is 10.2 Å². The molecule has 3 heteroatoms. The van der Waals surface area contributed by atoms with Gasteiger partial charge in [0.2, 0.25) is 0 Å². The minimum Gasteiger partial charge on any atom is -0.473 e. The molecule has 1 unspecified atom stereocenters. The van der Waals surface area contributed by atoms with E-state index in [-0.39, 0.29) is 5.56 Å². The summed E-state index contributed by atoms with van der Waals surface area (Å²) in [7, 11) is 1.77. The molecule has 0 aliphatic carbocycles. The predicted molar refractivity (Wildman–Crippen MR) is 70.8 cm³/mol. The molecule has 0 saturated heterocycles. The van der Waals surface area contributed by atoms with Gasteiger partial charge < -0.3 is 9.30 Å². The maximum absolute atomic E-state index is 12.3. The summed E-state index contributed by atoms with van der Waals surface area (Å²) in [6.45, 7) is 1.83. The Hall–Kier alpha value is -2.21. The van der Waals surface area contributed by atoms with Crippen LogP contribution in [0.4, 0.5) is 0 Å². The lowest BCUT2D eigenvalue weighted by molar-refractivity contribution is 0.184. The molecule has 90 valence electrons. The van der Waals surface area contributed by atoms with Gasteiger partial charge in [0, 0.05) is 18.9 Å². The first-order chi connectivity index (χ1) is 8.56. The molecule has 0 fully saturated rings. The number of fused-ring (bicyclic) bond motifs is 3. The quantitative estimate of drug-likeness (QED) is 0.657. The zero-order valence-electron chi connectivity index (χ0n) is 10.4. The third-order valence-electron chi connectivity index (χ3n) is 3.49. The van der Waals surface area contributed by atoms with Crippen LogP contribution in [0.25, 0.3) is 10.9 Å². The van der Waals surface area contributed by atoms with Crippen LogP contribution in [-0.2, 0) is 13.5 Å². The largest absolute Gasteiger partial charge is 0.473 e. The maximum atomic E-state index is 12.3. The highest BCUT2D eigenvalue weighted by molar-refractivity contribution is 5.87. The number of pyridine rings is 1. The Morgan fingerprint density at radius 3 is 2.89 bits per heavy atom. The molecule has 0 spiro atoms. The Balaban J connectivity index is 2.42. The number of rotatable bonds is 0. The molecule has 3 nitrogen and oxygen atoms in total. The van der Waals surface area contributed by atoms with Gasteiger partial charge in [0.05, 0.1) is 11.1 Å². The Morgan fingerprint density at radius 2 is 2.17 bits per heavy atom. The fraction of sp³-hybridized carbons (Fsp3) is 0.267. The molecule has 18 heavy (non-hydrogen) atoms. The standard InChI is InChI=1S/C15H13NO2/c1-4-15(2)9-11-13(18-15)10-7-5-6-8-12(10)16(3)14(11)17/h1,5-8H,9H2,2-3H3. The molecular formula is C15H13NO2. The van der Waals surface area contributed by atoms with Gasteiger partial charge in [-0.3, -0.25) is 4.79 Å². The number of hydrogen-bond donors (Lipinski definition) is 0. The molecule has 0 N–H and O–H groups in total. The molecule has 1 aliphatic rings. The first-order valence-corrected chi connectivity index (χ1v) is 5.83. The molecule has 3 rings (SSSR count). The normalized spacial score (nSPS) is 21.4. The maximum Gasteiger partial charge on any atom is 0.257 e. The van der Waals surface area contributed by atoms with Crippen molar-refractivity contribution in [3.05, 3.63) is 40.2 Å². The number of terminal acetylenes is 1. The monoisotopic (exact) mass is 239 g/mol. The highest BCUT2D eigenvalue weighted by atomic mass is 16.5. The number of para-hydroxylation sites is 1. The van der Waals surface area contributed by atoms with Gasteiger partial charge in [-0.2, -0.15) is 0 Å². The van der Waals surface area contributed by atoms with E-state index in [1.807, 2.05) is 31.2 Å². The lowest BCUT2D eigenvalue weighted by Gasteiger charge is -2.16. The molecule has 1 aromatic heterocycles. The summed E-state index contributed by atoms with van der Waals surface area (Å²) in [5.74, 6) is 3.28. The Kier molecular flexibility index (Phi) is 2.06. The van der Waals surface area contributed by atoms with E-state index in [0.29, 0.717) is 17.7 Å². The van der Waals surface area contributed by atoms with Crippen molar-refractivity contribution in [3.63, 3.8) is 0 Å². The van der Waals surface area contributed by atoms with E-state index in [2.05, 4.69) is 5.92 Å². The summed E-state index contributed by atoms with van der Waals surface area (Å²) in [4.78, 5) is 12.3. The second kappa shape index (κ2) is 3.39. The van der Waals surface area contributed by atoms with Gasteiger partial charge >= 0.3 is 0 Å². The summed E-state index contributed by atoms with van der Waals surface area (Å²) in [6.07, 6.45) is 5.96. The van der Waals surface area contributed by atoms with Gasteiger partial charge in [-0.1, -0.05) is 18.1 Å². The highest BCUT2D eigenvalue weighted by Crippen LogP contribution is 2.37. The lowest BCUT2D eigenvalue weighted by atomic mass is 10.0. The molecule has 2 aromatic rings. The zero-order chi connectivity index (χ0) is 12.9. The van der Waals surface area contributed by atoms with Crippen molar-refractivity contribution in [2.75, 3.05) is 0 Å². The van der Waals surface area contributed by atoms with Crippen molar-refractivity contribution in [3.8, 4) is 18.1 Å². The van der Waals surface area contributed by atoms with E-state index >= 15 is 0 Å². The summed E-state index contributed by atoms with van der Waals surface area (Å²) in [5.41, 5.74) is 0.806. The van der Waals surface area contributed by atoms with Gasteiger partial charge in [-0.15, -0.1) is 6.42 Å². The van der Waals surface area contributed by atoms with Crippen LogP contribution >= 0.6 is 0 Å². The number of benzene rings is 1. The number of aromatic nitrogens is 1. The molecule has 0 saturated carbocycles. The van der Waals surface area contributed by atoms with Crippen LogP contribution < -0.4 is 10.3 Å². The Morgan fingerprint density at radius 1 is 1.44 bits per heavy atom. The predicted octanol–water partition coefficient (Wildman–Crippen LogP) is 1.87. The fourth-order valence-electron chi connectivity index (χ4n) is 2.48. The average Bonchev–Trinajstić information content (AvgIpc) is 2.75. The summed E-state index contributed by atoms with van der Waals surface area (Å²) < 4.78 is 7.50. The Labute approximate surface area is 105 Å². The second-order valence-corrected chi connectivity index (χ2v) is 4.84. The van der Waals surface area contributed by atoms with Crippen LogP contribution in [0.3, 0.4) is 0 Å². The van der Waals surface area contributed by atoms with Gasteiger partial charge in [-0.05, 0) is 19.1 Å². The lowest BCUT2D eigenvalue weighted by Crippen LogP contribution is -2.28. The summed E-state index contributed by atoms with van der Waals surface area (Å²) in [5, 5.41) is 0.938. The third-order valence-corrected chi connectivity index (χ3v) is 3.49. The zero-order valence-corrected chi connectivity index (χ0v) is 10.4. The fourth-order valence-corrected chi connectivity index (χ4v) is 2.48. The van der Waals surface area contributed by atoms with Gasteiger partial charge in [0.25, 0.3) is 5.56 Å². The van der Waals surface area contributed by atoms with Crippen molar-refractivity contribution in [2.24, 2.45) is 7.05 Å². The molecule has 1 aliphatic heterocycles. The molecular weight excluding hydrogens is 226 g/mol. The van der Waals surface area contributed by atoms with Crippen LogP contribution in [0.15, 0.2) is 29.1 Å². The van der Waals surface area contributed by atoms with Crippen molar-refractivity contribution in [1.29, 1.82) is 0 Å². The van der Waals surface area contributed by atoms with E-state index in [4.69, 9.17) is 11.2 Å². The number of ether oxygens (including phenoxy) is 1.